The third kappa shape index (κ3) is 4.31. The molecule has 1 aliphatic rings. The Morgan fingerprint density at radius 3 is 3.07 bits per heavy atom. The molecule has 1 aliphatic heterocycles. The molecule has 3 aromatic rings. The number of urea groups is 1. The molecule has 6 nitrogen and oxygen atoms in total. The van der Waals surface area contributed by atoms with E-state index in [1.807, 2.05) is 33.9 Å². The fourth-order valence-corrected chi connectivity index (χ4v) is 4.08. The molecule has 27 heavy (non-hydrogen) atoms. The topological polar surface area (TPSA) is 71.3 Å². The van der Waals surface area contributed by atoms with E-state index in [4.69, 9.17) is 16.1 Å². The number of nitrogens with zero attached hydrogens (tertiary/aromatic N) is 3. The van der Waals surface area contributed by atoms with Crippen LogP contribution in [0.15, 0.2) is 45.6 Å². The molecule has 8 heteroatoms. The molecule has 0 saturated carbocycles. The summed E-state index contributed by atoms with van der Waals surface area (Å²) in [5.41, 5.74) is 1.60. The monoisotopic (exact) mass is 402 g/mol. The van der Waals surface area contributed by atoms with Crippen molar-refractivity contribution >= 4 is 34.7 Å². The Bertz CT molecular complexity index is 912. The van der Waals surface area contributed by atoms with Crippen molar-refractivity contribution in [3.8, 4) is 11.4 Å². The van der Waals surface area contributed by atoms with Crippen molar-refractivity contribution in [2.45, 2.75) is 19.3 Å². The van der Waals surface area contributed by atoms with E-state index in [1.165, 1.54) is 0 Å². The molecule has 0 unspecified atom stereocenters. The number of para-hydroxylation sites is 1. The highest BCUT2D eigenvalue weighted by Gasteiger charge is 2.26. The highest BCUT2D eigenvalue weighted by atomic mass is 35.5. The lowest BCUT2D eigenvalue weighted by molar-refractivity contribution is 0.173. The summed E-state index contributed by atoms with van der Waals surface area (Å²) in [6, 6.07) is 9.09. The molecule has 140 valence electrons. The van der Waals surface area contributed by atoms with Gasteiger partial charge in [-0.15, -0.1) is 0 Å². The smallest absolute Gasteiger partial charge is 0.321 e. The Balaban J connectivity index is 1.37. The zero-order chi connectivity index (χ0) is 18.6. The van der Waals surface area contributed by atoms with Crippen molar-refractivity contribution < 1.29 is 9.32 Å². The van der Waals surface area contributed by atoms with E-state index >= 15 is 0 Å². The zero-order valence-electron chi connectivity index (χ0n) is 14.6. The Morgan fingerprint density at radius 2 is 2.26 bits per heavy atom. The van der Waals surface area contributed by atoms with Crippen LogP contribution in [-0.2, 0) is 6.42 Å². The average Bonchev–Trinajstić information content (AvgIpc) is 3.35. The van der Waals surface area contributed by atoms with Gasteiger partial charge >= 0.3 is 6.03 Å². The van der Waals surface area contributed by atoms with E-state index in [0.717, 1.165) is 24.9 Å². The van der Waals surface area contributed by atoms with Crippen LogP contribution in [0.25, 0.3) is 11.4 Å². The van der Waals surface area contributed by atoms with Gasteiger partial charge in [0, 0.05) is 30.5 Å². The van der Waals surface area contributed by atoms with Gasteiger partial charge in [0.25, 0.3) is 0 Å². The maximum Gasteiger partial charge on any atom is 0.321 e. The van der Waals surface area contributed by atoms with E-state index in [9.17, 15) is 4.79 Å². The molecule has 0 radical (unpaired) electrons. The van der Waals surface area contributed by atoms with Crippen LogP contribution in [0.3, 0.4) is 0 Å². The van der Waals surface area contributed by atoms with Gasteiger partial charge in [0.05, 0.1) is 10.7 Å². The summed E-state index contributed by atoms with van der Waals surface area (Å²) in [6.45, 7) is 1.39. The van der Waals surface area contributed by atoms with Crippen LogP contribution in [-0.4, -0.2) is 34.2 Å². The summed E-state index contributed by atoms with van der Waals surface area (Å²) in [5.74, 6) is 1.54. The minimum Gasteiger partial charge on any atom is -0.339 e. The molecule has 1 fully saturated rings. The molecule has 3 heterocycles. The van der Waals surface area contributed by atoms with Crippen molar-refractivity contribution in [1.82, 2.24) is 15.0 Å². The fraction of sp³-hybridized carbons (Fsp3) is 0.316. The first-order valence-electron chi connectivity index (χ1n) is 8.84. The van der Waals surface area contributed by atoms with Gasteiger partial charge in [0.15, 0.2) is 0 Å². The minimum absolute atomic E-state index is 0.128. The first-order valence-corrected chi connectivity index (χ1v) is 10.2. The highest BCUT2D eigenvalue weighted by molar-refractivity contribution is 7.08. The summed E-state index contributed by atoms with van der Waals surface area (Å²) < 4.78 is 5.41. The van der Waals surface area contributed by atoms with Gasteiger partial charge < -0.3 is 14.7 Å². The molecular weight excluding hydrogens is 384 g/mol. The Hall–Kier alpha value is -2.38. The van der Waals surface area contributed by atoms with Crippen LogP contribution in [0.2, 0.25) is 5.02 Å². The number of piperidine rings is 1. The summed E-state index contributed by atoms with van der Waals surface area (Å²) in [4.78, 5) is 18.9. The molecule has 1 N–H and O–H groups in total. The van der Waals surface area contributed by atoms with E-state index in [1.54, 1.807) is 23.5 Å². The summed E-state index contributed by atoms with van der Waals surface area (Å²) >= 11 is 7.73. The maximum absolute atomic E-state index is 12.6. The maximum atomic E-state index is 12.6. The van der Waals surface area contributed by atoms with Gasteiger partial charge in [-0.1, -0.05) is 28.9 Å². The largest absolute Gasteiger partial charge is 0.339 e. The molecule has 1 aromatic carbocycles. The number of hydrogen-bond donors (Lipinski definition) is 1. The molecule has 1 saturated heterocycles. The number of likely N-dealkylation sites (tertiary alicyclic amines) is 1. The average molecular weight is 403 g/mol. The Labute approximate surface area is 166 Å². The second-order valence-electron chi connectivity index (χ2n) is 6.59. The lowest BCUT2D eigenvalue weighted by Crippen LogP contribution is -2.42. The standard InChI is InChI=1S/C19H19ClN4O2S/c20-15-5-1-2-6-16(15)21-19(25)24-8-3-4-13(11-24)10-17-22-18(23-26-17)14-7-9-27-12-14/h1-2,5-7,9,12-13H,3-4,8,10-11H2,(H,21,25)/t13-/m0/s1. The van der Waals surface area contributed by atoms with Crippen LogP contribution < -0.4 is 5.32 Å². The number of thiophene rings is 1. The predicted molar refractivity (Wildman–Crippen MR) is 106 cm³/mol. The zero-order valence-corrected chi connectivity index (χ0v) is 16.2. The van der Waals surface area contributed by atoms with E-state index in [2.05, 4.69) is 15.5 Å². The lowest BCUT2D eigenvalue weighted by atomic mass is 9.95. The number of carbonyl (C=O) groups excluding carboxylic acids is 1. The summed E-state index contributed by atoms with van der Waals surface area (Å²) in [7, 11) is 0. The fourth-order valence-electron chi connectivity index (χ4n) is 3.27. The van der Waals surface area contributed by atoms with E-state index < -0.39 is 0 Å². The van der Waals surface area contributed by atoms with Crippen LogP contribution in [0, 0.1) is 5.92 Å². The number of carbonyl (C=O) groups is 1. The van der Waals surface area contributed by atoms with Gasteiger partial charge in [0.2, 0.25) is 11.7 Å². The van der Waals surface area contributed by atoms with Crippen molar-refractivity contribution in [2.24, 2.45) is 5.92 Å². The number of amides is 2. The quantitative estimate of drug-likeness (QED) is 0.671. The molecular formula is C19H19ClN4O2S. The minimum atomic E-state index is -0.128. The summed E-state index contributed by atoms with van der Waals surface area (Å²) in [6.07, 6.45) is 2.66. The molecule has 2 amide bonds. The third-order valence-electron chi connectivity index (χ3n) is 4.63. The van der Waals surface area contributed by atoms with Crippen molar-refractivity contribution in [2.75, 3.05) is 18.4 Å². The number of rotatable bonds is 4. The Kier molecular flexibility index (Phi) is 5.40. The molecule has 4 rings (SSSR count). The first-order chi connectivity index (χ1) is 13.2. The second-order valence-corrected chi connectivity index (χ2v) is 7.78. The van der Waals surface area contributed by atoms with Crippen molar-refractivity contribution in [3.63, 3.8) is 0 Å². The number of nitrogens with one attached hydrogen (secondary N) is 1. The molecule has 0 bridgehead atoms. The second kappa shape index (κ2) is 8.10. The SMILES string of the molecule is O=C(Nc1ccccc1Cl)N1CCC[C@@H](Cc2nc(-c3ccsc3)no2)C1. The molecule has 2 aromatic heterocycles. The van der Waals surface area contributed by atoms with Gasteiger partial charge in [-0.25, -0.2) is 4.79 Å². The number of halogens is 1. The normalized spacial score (nSPS) is 17.1. The third-order valence-corrected chi connectivity index (χ3v) is 5.65. The van der Waals surface area contributed by atoms with Crippen LogP contribution in [0.4, 0.5) is 10.5 Å². The van der Waals surface area contributed by atoms with E-state index in [0.29, 0.717) is 41.3 Å². The van der Waals surface area contributed by atoms with Gasteiger partial charge in [-0.05, 0) is 42.3 Å². The lowest BCUT2D eigenvalue weighted by Gasteiger charge is -2.32. The molecule has 0 aliphatic carbocycles. The molecule has 1 atom stereocenters. The number of hydrogen-bond acceptors (Lipinski definition) is 5. The summed E-state index contributed by atoms with van der Waals surface area (Å²) in [5, 5.41) is 11.5. The predicted octanol–water partition coefficient (Wildman–Crippen LogP) is 4.94. The van der Waals surface area contributed by atoms with Crippen LogP contribution in [0.1, 0.15) is 18.7 Å². The number of benzene rings is 1. The Morgan fingerprint density at radius 1 is 1.37 bits per heavy atom. The molecule has 0 spiro atoms. The van der Waals surface area contributed by atoms with Crippen molar-refractivity contribution in [3.05, 3.63) is 52.0 Å². The number of aromatic nitrogens is 2. The van der Waals surface area contributed by atoms with Gasteiger partial charge in [0.1, 0.15) is 0 Å². The van der Waals surface area contributed by atoms with E-state index in [-0.39, 0.29) is 6.03 Å². The number of anilines is 1. The van der Waals surface area contributed by atoms with Gasteiger partial charge in [-0.3, -0.25) is 0 Å². The van der Waals surface area contributed by atoms with Crippen LogP contribution in [0.5, 0.6) is 0 Å². The first kappa shape index (κ1) is 18.0. The van der Waals surface area contributed by atoms with Crippen LogP contribution >= 0.6 is 22.9 Å². The van der Waals surface area contributed by atoms with Crippen molar-refractivity contribution in [1.29, 1.82) is 0 Å². The highest BCUT2D eigenvalue weighted by Crippen LogP contribution is 2.25. The van der Waals surface area contributed by atoms with Gasteiger partial charge in [-0.2, -0.15) is 16.3 Å².